The summed E-state index contributed by atoms with van der Waals surface area (Å²) in [4.78, 5) is 33.6. The Morgan fingerprint density at radius 1 is 1.37 bits per heavy atom. The number of rotatable bonds is 5. The predicted octanol–water partition coefficient (Wildman–Crippen LogP) is 1.39. The maximum atomic E-state index is 13.0. The predicted molar refractivity (Wildman–Crippen MR) is 104 cm³/mol. The highest BCUT2D eigenvalue weighted by molar-refractivity contribution is 5.95. The van der Waals surface area contributed by atoms with E-state index in [0.29, 0.717) is 30.3 Å². The fourth-order valence-electron chi connectivity index (χ4n) is 3.73. The number of hydrogen-bond acceptors (Lipinski definition) is 5. The van der Waals surface area contributed by atoms with Crippen molar-refractivity contribution in [3.05, 3.63) is 57.3 Å². The Balaban J connectivity index is 1.64. The van der Waals surface area contributed by atoms with E-state index < -0.39 is 0 Å². The van der Waals surface area contributed by atoms with Crippen molar-refractivity contribution in [3.63, 3.8) is 0 Å². The average Bonchev–Trinajstić information content (AvgIpc) is 3.09. The molecule has 3 heterocycles. The number of hydrogen-bond donors (Lipinski definition) is 0. The van der Waals surface area contributed by atoms with Gasteiger partial charge < -0.3 is 9.80 Å². The summed E-state index contributed by atoms with van der Waals surface area (Å²) in [5, 5.41) is 4.16. The fraction of sp³-hybridized carbons (Fsp3) is 0.500. The van der Waals surface area contributed by atoms with Crippen molar-refractivity contribution < 1.29 is 4.79 Å². The largest absolute Gasteiger partial charge is 0.338 e. The van der Waals surface area contributed by atoms with Crippen LogP contribution in [0.5, 0.6) is 0 Å². The molecule has 0 bridgehead atoms. The molecule has 7 heteroatoms. The number of aromatic nitrogens is 3. The first-order valence-corrected chi connectivity index (χ1v) is 9.28. The molecule has 0 saturated carbocycles. The maximum Gasteiger partial charge on any atom is 0.279 e. The molecule has 2 aromatic heterocycles. The van der Waals surface area contributed by atoms with Gasteiger partial charge in [-0.15, -0.1) is 0 Å². The minimum absolute atomic E-state index is 0.170. The molecule has 2 aromatic rings. The molecule has 7 nitrogen and oxygen atoms in total. The van der Waals surface area contributed by atoms with Gasteiger partial charge in [-0.25, -0.2) is 4.68 Å². The Morgan fingerprint density at radius 2 is 2.15 bits per heavy atom. The lowest BCUT2D eigenvalue weighted by atomic mass is 10.1. The summed E-state index contributed by atoms with van der Waals surface area (Å²) in [5.41, 5.74) is 2.51. The zero-order valence-corrected chi connectivity index (χ0v) is 16.5. The minimum Gasteiger partial charge on any atom is -0.338 e. The lowest BCUT2D eigenvalue weighted by molar-refractivity contribution is 0.0780. The third kappa shape index (κ3) is 4.24. The minimum atomic E-state index is -0.319. The zero-order chi connectivity index (χ0) is 19.6. The Hall–Kier alpha value is -2.54. The number of pyridine rings is 1. The summed E-state index contributed by atoms with van der Waals surface area (Å²) in [5.74, 6) is 0.235. The van der Waals surface area contributed by atoms with Gasteiger partial charge in [-0.1, -0.05) is 6.07 Å². The van der Waals surface area contributed by atoms with Crippen LogP contribution >= 0.6 is 0 Å². The second kappa shape index (κ2) is 8.00. The highest BCUT2D eigenvalue weighted by Crippen LogP contribution is 2.20. The van der Waals surface area contributed by atoms with Crippen LogP contribution < -0.4 is 5.56 Å². The summed E-state index contributed by atoms with van der Waals surface area (Å²) < 4.78 is 1.25. The van der Waals surface area contributed by atoms with Crippen molar-refractivity contribution in [1.82, 2.24) is 24.6 Å². The number of likely N-dealkylation sites (tertiary alicyclic amines) is 1. The van der Waals surface area contributed by atoms with E-state index in [4.69, 9.17) is 0 Å². The highest BCUT2D eigenvalue weighted by Gasteiger charge is 2.30. The second-order valence-electron chi connectivity index (χ2n) is 7.48. The van der Waals surface area contributed by atoms with Crippen LogP contribution in [0.25, 0.3) is 0 Å². The molecule has 0 spiro atoms. The van der Waals surface area contributed by atoms with E-state index in [1.165, 1.54) is 10.2 Å². The van der Waals surface area contributed by atoms with Gasteiger partial charge in [0.25, 0.3) is 11.5 Å². The Morgan fingerprint density at radius 3 is 2.85 bits per heavy atom. The Labute approximate surface area is 159 Å². The number of amides is 1. The first-order chi connectivity index (χ1) is 12.9. The van der Waals surface area contributed by atoms with Gasteiger partial charge in [0.2, 0.25) is 0 Å². The molecule has 1 unspecified atom stereocenters. The normalized spacial score (nSPS) is 16.9. The maximum absolute atomic E-state index is 13.0. The van der Waals surface area contributed by atoms with Crippen molar-refractivity contribution >= 4 is 5.91 Å². The van der Waals surface area contributed by atoms with Crippen LogP contribution in [0.3, 0.4) is 0 Å². The summed E-state index contributed by atoms with van der Waals surface area (Å²) in [6, 6.07) is 4.01. The molecule has 1 aliphatic heterocycles. The van der Waals surface area contributed by atoms with E-state index >= 15 is 0 Å². The molecular formula is C20H27N5O2. The zero-order valence-electron chi connectivity index (χ0n) is 16.5. The fourth-order valence-corrected chi connectivity index (χ4v) is 3.73. The molecular weight excluding hydrogens is 342 g/mol. The third-order valence-electron chi connectivity index (χ3n) is 5.26. The van der Waals surface area contributed by atoms with Crippen molar-refractivity contribution in [2.45, 2.75) is 26.8 Å². The van der Waals surface area contributed by atoms with Gasteiger partial charge in [0.1, 0.15) is 5.56 Å². The molecule has 1 aliphatic rings. The molecule has 1 saturated heterocycles. The topological polar surface area (TPSA) is 71.3 Å². The van der Waals surface area contributed by atoms with Gasteiger partial charge in [-0.2, -0.15) is 5.10 Å². The molecule has 3 rings (SSSR count). The first kappa shape index (κ1) is 19.2. The SMILES string of the molecule is Cc1nn(C)c(=O)c(C(=O)N2CCC(CN(C)Cc3cccnc3)C2)c1C. The quantitative estimate of drug-likeness (QED) is 0.796. The summed E-state index contributed by atoms with van der Waals surface area (Å²) in [6.07, 6.45) is 4.61. The van der Waals surface area contributed by atoms with E-state index in [0.717, 1.165) is 19.5 Å². The van der Waals surface area contributed by atoms with E-state index in [1.54, 1.807) is 20.2 Å². The molecule has 0 N–H and O–H groups in total. The van der Waals surface area contributed by atoms with Crippen molar-refractivity contribution in [2.24, 2.45) is 13.0 Å². The van der Waals surface area contributed by atoms with Crippen molar-refractivity contribution in [3.8, 4) is 0 Å². The van der Waals surface area contributed by atoms with Crippen LogP contribution in [0.1, 0.15) is 33.6 Å². The monoisotopic (exact) mass is 369 g/mol. The number of carbonyl (C=O) groups is 1. The summed E-state index contributed by atoms with van der Waals surface area (Å²) >= 11 is 0. The molecule has 1 amide bonds. The van der Waals surface area contributed by atoms with E-state index in [-0.39, 0.29) is 17.0 Å². The van der Waals surface area contributed by atoms with Gasteiger partial charge >= 0.3 is 0 Å². The van der Waals surface area contributed by atoms with E-state index in [1.807, 2.05) is 24.1 Å². The molecule has 0 radical (unpaired) electrons. The standard InChI is InChI=1S/C20H27N5O2/c1-14-15(2)22-24(4)19(26)18(14)20(27)25-9-7-17(13-25)12-23(3)11-16-6-5-8-21-10-16/h5-6,8,10,17H,7,9,11-13H2,1-4H3. The Bertz CT molecular complexity index is 878. The third-order valence-corrected chi connectivity index (χ3v) is 5.26. The number of carbonyl (C=O) groups excluding carboxylic acids is 1. The van der Waals surface area contributed by atoms with Gasteiger partial charge in [0.15, 0.2) is 0 Å². The van der Waals surface area contributed by atoms with E-state index in [2.05, 4.69) is 28.1 Å². The Kier molecular flexibility index (Phi) is 5.70. The van der Waals surface area contributed by atoms with Gasteiger partial charge in [-0.3, -0.25) is 14.6 Å². The molecule has 1 fully saturated rings. The molecule has 144 valence electrons. The van der Waals surface area contributed by atoms with Crippen LogP contribution in [-0.2, 0) is 13.6 Å². The van der Waals surface area contributed by atoms with Crippen LogP contribution in [0.2, 0.25) is 0 Å². The molecule has 27 heavy (non-hydrogen) atoms. The van der Waals surface area contributed by atoms with Gasteiger partial charge in [0.05, 0.1) is 5.69 Å². The lowest BCUT2D eigenvalue weighted by Crippen LogP contribution is -2.37. The van der Waals surface area contributed by atoms with Crippen molar-refractivity contribution in [1.29, 1.82) is 0 Å². The van der Waals surface area contributed by atoms with Crippen LogP contribution in [0, 0.1) is 19.8 Å². The smallest absolute Gasteiger partial charge is 0.279 e. The number of aryl methyl sites for hydroxylation is 2. The summed E-state index contributed by atoms with van der Waals surface area (Å²) in [6.45, 7) is 6.73. The van der Waals surface area contributed by atoms with Gasteiger partial charge in [0, 0.05) is 45.6 Å². The highest BCUT2D eigenvalue weighted by atomic mass is 16.2. The lowest BCUT2D eigenvalue weighted by Gasteiger charge is -2.22. The molecule has 0 aliphatic carbocycles. The average molecular weight is 369 g/mol. The first-order valence-electron chi connectivity index (χ1n) is 9.28. The van der Waals surface area contributed by atoms with Crippen LogP contribution in [0.15, 0.2) is 29.3 Å². The second-order valence-corrected chi connectivity index (χ2v) is 7.48. The van der Waals surface area contributed by atoms with Gasteiger partial charge in [-0.05, 0) is 50.4 Å². The van der Waals surface area contributed by atoms with Crippen molar-refractivity contribution in [2.75, 3.05) is 26.7 Å². The number of nitrogens with zero attached hydrogens (tertiary/aromatic N) is 5. The van der Waals surface area contributed by atoms with Crippen LogP contribution in [-0.4, -0.2) is 57.2 Å². The van der Waals surface area contributed by atoms with E-state index in [9.17, 15) is 9.59 Å². The molecule has 1 atom stereocenters. The summed E-state index contributed by atoms with van der Waals surface area (Å²) in [7, 11) is 3.68. The van der Waals surface area contributed by atoms with Crippen LogP contribution in [0.4, 0.5) is 0 Å². The molecule has 0 aromatic carbocycles.